The van der Waals surface area contributed by atoms with Crippen molar-refractivity contribution in [2.75, 3.05) is 44.3 Å². The highest BCUT2D eigenvalue weighted by Gasteiger charge is 2.09. The standard InChI is InChI=1S/C14H23N3O/c1-18-12-5-6-14(13(15)11-12)16-7-10-17-8-3-2-4-9-17/h5-6,11,16H,2-4,7-10,15H2,1H3. The Bertz CT molecular complexity index is 375. The summed E-state index contributed by atoms with van der Waals surface area (Å²) in [6.45, 7) is 4.50. The lowest BCUT2D eigenvalue weighted by molar-refractivity contribution is 0.237. The maximum atomic E-state index is 5.96. The predicted molar refractivity (Wildman–Crippen MR) is 76.2 cm³/mol. The number of hydrogen-bond acceptors (Lipinski definition) is 4. The number of nitrogen functional groups attached to an aromatic ring is 1. The van der Waals surface area contributed by atoms with Crippen LogP contribution in [0.2, 0.25) is 0 Å². The van der Waals surface area contributed by atoms with Crippen LogP contribution in [0.4, 0.5) is 11.4 Å². The molecule has 1 saturated heterocycles. The summed E-state index contributed by atoms with van der Waals surface area (Å²) in [6, 6.07) is 5.76. The third-order valence-electron chi connectivity index (χ3n) is 3.45. The van der Waals surface area contributed by atoms with E-state index in [0.29, 0.717) is 0 Å². The van der Waals surface area contributed by atoms with E-state index in [1.807, 2.05) is 18.2 Å². The van der Waals surface area contributed by atoms with Gasteiger partial charge >= 0.3 is 0 Å². The number of nitrogens with two attached hydrogens (primary N) is 1. The highest BCUT2D eigenvalue weighted by molar-refractivity contribution is 5.68. The number of nitrogens with zero attached hydrogens (tertiary/aromatic N) is 1. The molecule has 0 bridgehead atoms. The Morgan fingerprint density at radius 3 is 2.72 bits per heavy atom. The highest BCUT2D eigenvalue weighted by Crippen LogP contribution is 2.23. The van der Waals surface area contributed by atoms with E-state index in [-0.39, 0.29) is 0 Å². The van der Waals surface area contributed by atoms with Crippen LogP contribution in [-0.4, -0.2) is 38.2 Å². The lowest BCUT2D eigenvalue weighted by Gasteiger charge is -2.26. The molecule has 0 radical (unpaired) electrons. The first-order chi connectivity index (χ1) is 8.79. The Morgan fingerprint density at radius 1 is 1.28 bits per heavy atom. The normalized spacial score (nSPS) is 16.5. The molecule has 1 aromatic carbocycles. The van der Waals surface area contributed by atoms with Crippen molar-refractivity contribution in [2.45, 2.75) is 19.3 Å². The minimum absolute atomic E-state index is 0.744. The number of ether oxygens (including phenoxy) is 1. The van der Waals surface area contributed by atoms with Gasteiger partial charge in [-0.3, -0.25) is 0 Å². The van der Waals surface area contributed by atoms with E-state index in [9.17, 15) is 0 Å². The molecule has 3 N–H and O–H groups in total. The van der Waals surface area contributed by atoms with Crippen LogP contribution in [0.5, 0.6) is 5.75 Å². The lowest BCUT2D eigenvalue weighted by atomic mass is 10.1. The zero-order valence-corrected chi connectivity index (χ0v) is 11.1. The summed E-state index contributed by atoms with van der Waals surface area (Å²) < 4.78 is 5.13. The fourth-order valence-electron chi connectivity index (χ4n) is 2.36. The van der Waals surface area contributed by atoms with Crippen molar-refractivity contribution < 1.29 is 4.74 Å². The Labute approximate surface area is 109 Å². The number of hydrogen-bond donors (Lipinski definition) is 2. The van der Waals surface area contributed by atoms with E-state index < -0.39 is 0 Å². The Morgan fingerprint density at radius 2 is 2.06 bits per heavy atom. The molecule has 4 nitrogen and oxygen atoms in total. The SMILES string of the molecule is COc1ccc(NCCN2CCCCC2)c(N)c1. The van der Waals surface area contributed by atoms with Crippen molar-refractivity contribution in [2.24, 2.45) is 0 Å². The molecule has 4 heteroatoms. The van der Waals surface area contributed by atoms with E-state index >= 15 is 0 Å². The number of benzene rings is 1. The molecule has 1 aliphatic heterocycles. The average molecular weight is 249 g/mol. The summed E-state index contributed by atoms with van der Waals surface area (Å²) >= 11 is 0. The first-order valence-electron chi connectivity index (χ1n) is 6.69. The molecule has 18 heavy (non-hydrogen) atoms. The summed E-state index contributed by atoms with van der Waals surface area (Å²) in [5.74, 6) is 0.800. The van der Waals surface area contributed by atoms with Gasteiger partial charge in [0.15, 0.2) is 0 Å². The Balaban J connectivity index is 1.79. The molecule has 100 valence electrons. The van der Waals surface area contributed by atoms with Gasteiger partial charge in [-0.2, -0.15) is 0 Å². The minimum Gasteiger partial charge on any atom is -0.497 e. The molecule has 0 amide bonds. The quantitative estimate of drug-likeness (QED) is 0.785. The summed E-state index contributed by atoms with van der Waals surface area (Å²) in [5.41, 5.74) is 7.70. The van der Waals surface area contributed by atoms with Gasteiger partial charge in [-0.05, 0) is 38.1 Å². The number of nitrogens with one attached hydrogen (secondary N) is 1. The van der Waals surface area contributed by atoms with E-state index in [0.717, 1.165) is 30.2 Å². The topological polar surface area (TPSA) is 50.5 Å². The molecule has 1 aromatic rings. The first kappa shape index (κ1) is 13.0. The molecule has 0 saturated carbocycles. The van der Waals surface area contributed by atoms with Gasteiger partial charge in [0.05, 0.1) is 18.5 Å². The van der Waals surface area contributed by atoms with E-state index in [1.54, 1.807) is 7.11 Å². The summed E-state index contributed by atoms with van der Waals surface area (Å²) in [6.07, 6.45) is 4.06. The van der Waals surface area contributed by atoms with Gasteiger partial charge in [0.2, 0.25) is 0 Å². The van der Waals surface area contributed by atoms with E-state index in [4.69, 9.17) is 10.5 Å². The smallest absolute Gasteiger partial charge is 0.121 e. The second-order valence-corrected chi connectivity index (χ2v) is 4.78. The van der Waals surface area contributed by atoms with Crippen LogP contribution in [-0.2, 0) is 0 Å². The molecule has 0 aromatic heterocycles. The van der Waals surface area contributed by atoms with Crippen LogP contribution >= 0.6 is 0 Å². The average Bonchev–Trinajstić information content (AvgIpc) is 2.42. The van der Waals surface area contributed by atoms with Crippen molar-refractivity contribution in [1.29, 1.82) is 0 Å². The molecule has 2 rings (SSSR count). The molecule has 1 aliphatic rings. The summed E-state index contributed by atoms with van der Waals surface area (Å²) in [5, 5.41) is 3.39. The molecule has 0 atom stereocenters. The fourth-order valence-corrected chi connectivity index (χ4v) is 2.36. The number of rotatable bonds is 5. The third-order valence-corrected chi connectivity index (χ3v) is 3.45. The predicted octanol–water partition coefficient (Wildman–Crippen LogP) is 2.18. The van der Waals surface area contributed by atoms with Gasteiger partial charge in [-0.15, -0.1) is 0 Å². The van der Waals surface area contributed by atoms with Gasteiger partial charge in [-0.1, -0.05) is 6.42 Å². The molecule has 0 unspecified atom stereocenters. The van der Waals surface area contributed by atoms with E-state index in [1.165, 1.54) is 32.4 Å². The van der Waals surface area contributed by atoms with Crippen LogP contribution < -0.4 is 15.8 Å². The van der Waals surface area contributed by atoms with Crippen LogP contribution in [0.15, 0.2) is 18.2 Å². The third kappa shape index (κ3) is 3.53. The monoisotopic (exact) mass is 249 g/mol. The molecular weight excluding hydrogens is 226 g/mol. The second-order valence-electron chi connectivity index (χ2n) is 4.78. The van der Waals surface area contributed by atoms with Gasteiger partial charge in [0.1, 0.15) is 5.75 Å². The fraction of sp³-hybridized carbons (Fsp3) is 0.571. The van der Waals surface area contributed by atoms with E-state index in [2.05, 4.69) is 10.2 Å². The largest absolute Gasteiger partial charge is 0.497 e. The zero-order valence-electron chi connectivity index (χ0n) is 11.1. The van der Waals surface area contributed by atoms with Crippen LogP contribution in [0.25, 0.3) is 0 Å². The van der Waals surface area contributed by atoms with Crippen molar-refractivity contribution in [3.8, 4) is 5.75 Å². The zero-order chi connectivity index (χ0) is 12.8. The minimum atomic E-state index is 0.744. The van der Waals surface area contributed by atoms with Crippen molar-refractivity contribution >= 4 is 11.4 Å². The molecule has 1 heterocycles. The number of anilines is 2. The van der Waals surface area contributed by atoms with Crippen molar-refractivity contribution in [1.82, 2.24) is 4.90 Å². The van der Waals surface area contributed by atoms with Gasteiger partial charge in [0, 0.05) is 19.2 Å². The Hall–Kier alpha value is -1.42. The van der Waals surface area contributed by atoms with Crippen LogP contribution in [0.3, 0.4) is 0 Å². The maximum absolute atomic E-state index is 5.96. The van der Waals surface area contributed by atoms with Gasteiger partial charge in [-0.25, -0.2) is 0 Å². The summed E-state index contributed by atoms with van der Waals surface area (Å²) in [7, 11) is 1.65. The van der Waals surface area contributed by atoms with Gasteiger partial charge < -0.3 is 20.7 Å². The molecule has 1 fully saturated rings. The van der Waals surface area contributed by atoms with Crippen LogP contribution in [0.1, 0.15) is 19.3 Å². The first-order valence-corrected chi connectivity index (χ1v) is 6.69. The molecular formula is C14H23N3O. The van der Waals surface area contributed by atoms with Gasteiger partial charge in [0.25, 0.3) is 0 Å². The van der Waals surface area contributed by atoms with Crippen molar-refractivity contribution in [3.05, 3.63) is 18.2 Å². The maximum Gasteiger partial charge on any atom is 0.121 e. The summed E-state index contributed by atoms with van der Waals surface area (Å²) in [4.78, 5) is 2.51. The second kappa shape index (κ2) is 6.50. The van der Waals surface area contributed by atoms with Crippen molar-refractivity contribution in [3.63, 3.8) is 0 Å². The number of methoxy groups -OCH3 is 1. The lowest BCUT2D eigenvalue weighted by Crippen LogP contribution is -2.33. The Kier molecular flexibility index (Phi) is 4.70. The number of likely N-dealkylation sites (tertiary alicyclic amines) is 1. The molecule has 0 aliphatic carbocycles. The highest BCUT2D eigenvalue weighted by atomic mass is 16.5. The van der Waals surface area contributed by atoms with Crippen LogP contribution in [0, 0.1) is 0 Å². The number of piperidine rings is 1. The molecule has 0 spiro atoms.